The fourth-order valence-corrected chi connectivity index (χ4v) is 3.55. The summed E-state index contributed by atoms with van der Waals surface area (Å²) in [5.41, 5.74) is 0. The van der Waals surface area contributed by atoms with Crippen molar-refractivity contribution in [3.05, 3.63) is 29.5 Å². The van der Waals surface area contributed by atoms with Gasteiger partial charge < -0.3 is 9.15 Å². The van der Waals surface area contributed by atoms with Crippen molar-refractivity contribution in [1.29, 1.82) is 0 Å². The van der Waals surface area contributed by atoms with Gasteiger partial charge in [0, 0.05) is 7.11 Å². The van der Waals surface area contributed by atoms with Crippen LogP contribution in [0.25, 0.3) is 0 Å². The zero-order valence-corrected chi connectivity index (χ0v) is 13.7. The summed E-state index contributed by atoms with van der Waals surface area (Å²) < 4.78 is 13.1. The predicted octanol–water partition coefficient (Wildman–Crippen LogP) is 2.65. The van der Waals surface area contributed by atoms with Crippen LogP contribution in [0, 0.1) is 0 Å². The van der Waals surface area contributed by atoms with Gasteiger partial charge in [-0.3, -0.25) is 4.90 Å². The summed E-state index contributed by atoms with van der Waals surface area (Å²) in [4.78, 5) is 2.46. The molecule has 23 heavy (non-hydrogen) atoms. The van der Waals surface area contributed by atoms with Crippen LogP contribution in [-0.4, -0.2) is 38.8 Å². The Hall–Kier alpha value is -1.73. The van der Waals surface area contributed by atoms with Crippen LogP contribution in [0.2, 0.25) is 0 Å². The molecule has 7 heteroatoms. The number of methoxy groups -OCH3 is 1. The molecule has 3 heterocycles. The third-order valence-electron chi connectivity index (χ3n) is 4.87. The van der Waals surface area contributed by atoms with Gasteiger partial charge in [-0.1, -0.05) is 0 Å². The van der Waals surface area contributed by atoms with Gasteiger partial charge in [0.05, 0.1) is 18.1 Å². The zero-order valence-electron chi connectivity index (χ0n) is 13.7. The van der Waals surface area contributed by atoms with Crippen LogP contribution in [0.3, 0.4) is 0 Å². The van der Waals surface area contributed by atoms with Gasteiger partial charge in [-0.25, -0.2) is 4.68 Å². The number of furan rings is 1. The molecule has 1 aliphatic heterocycles. The second kappa shape index (κ2) is 6.05. The Bertz CT molecular complexity index is 663. The lowest BCUT2D eigenvalue weighted by Gasteiger charge is -2.28. The Kier molecular flexibility index (Phi) is 3.90. The van der Waals surface area contributed by atoms with Crippen molar-refractivity contribution >= 4 is 0 Å². The average molecular weight is 317 g/mol. The van der Waals surface area contributed by atoms with Crippen molar-refractivity contribution < 1.29 is 9.15 Å². The molecule has 0 N–H and O–H groups in total. The van der Waals surface area contributed by atoms with Crippen molar-refractivity contribution in [3.63, 3.8) is 0 Å². The van der Waals surface area contributed by atoms with Crippen LogP contribution in [0.15, 0.2) is 16.5 Å². The lowest BCUT2D eigenvalue weighted by atomic mass is 10.1. The molecule has 1 aliphatic carbocycles. The number of nitrogens with zero attached hydrogens (tertiary/aromatic N) is 5. The number of hydrogen-bond acceptors (Lipinski definition) is 6. The van der Waals surface area contributed by atoms with Gasteiger partial charge in [0.2, 0.25) is 0 Å². The first-order valence-electron chi connectivity index (χ1n) is 8.39. The molecule has 4 rings (SSSR count). The van der Waals surface area contributed by atoms with Gasteiger partial charge in [-0.2, -0.15) is 0 Å². The molecule has 124 valence electrons. The highest BCUT2D eigenvalue weighted by Crippen LogP contribution is 2.41. The Morgan fingerprint density at radius 3 is 3.00 bits per heavy atom. The third-order valence-corrected chi connectivity index (χ3v) is 4.87. The summed E-state index contributed by atoms with van der Waals surface area (Å²) in [6.07, 6.45) is 4.65. The first kappa shape index (κ1) is 14.8. The Morgan fingerprint density at radius 1 is 1.35 bits per heavy atom. The van der Waals surface area contributed by atoms with Crippen LogP contribution in [0.1, 0.15) is 68.1 Å². The molecule has 2 aliphatic rings. The highest BCUT2D eigenvalue weighted by atomic mass is 16.5. The quantitative estimate of drug-likeness (QED) is 0.816. The van der Waals surface area contributed by atoms with Crippen LogP contribution in [0.5, 0.6) is 0 Å². The third kappa shape index (κ3) is 2.79. The highest BCUT2D eigenvalue weighted by Gasteiger charge is 2.37. The van der Waals surface area contributed by atoms with Crippen molar-refractivity contribution in [2.24, 2.45) is 0 Å². The lowest BCUT2D eigenvalue weighted by molar-refractivity contribution is 0.143. The Balaban J connectivity index is 1.55. The number of rotatable bonds is 6. The van der Waals surface area contributed by atoms with Crippen molar-refractivity contribution in [2.75, 3.05) is 13.7 Å². The standard InChI is InChI=1S/C16H23N5O2/c1-11(16-17-18-19-21(16)12-5-6-12)20-9-3-4-14(20)15-8-7-13(23-15)10-22-2/h7-8,11-12,14H,3-6,9-10H2,1-2H3. The number of hydrogen-bond donors (Lipinski definition) is 0. The number of ether oxygens (including phenoxy) is 1. The Labute approximate surface area is 135 Å². The summed E-state index contributed by atoms with van der Waals surface area (Å²) in [6.45, 7) is 3.76. The SMILES string of the molecule is COCc1ccc(C2CCCN2C(C)c2nnnn2C2CC2)o1. The summed E-state index contributed by atoms with van der Waals surface area (Å²) in [6, 6.07) is 5.07. The fourth-order valence-electron chi connectivity index (χ4n) is 3.55. The molecule has 0 amide bonds. The second-order valence-electron chi connectivity index (χ2n) is 6.52. The normalized spacial score (nSPS) is 23.5. The maximum atomic E-state index is 5.97. The van der Waals surface area contributed by atoms with Crippen molar-refractivity contribution in [1.82, 2.24) is 25.1 Å². The van der Waals surface area contributed by atoms with Gasteiger partial charge in [0.1, 0.15) is 18.1 Å². The number of tetrazole rings is 1. The van der Waals surface area contributed by atoms with E-state index in [-0.39, 0.29) is 6.04 Å². The second-order valence-corrected chi connectivity index (χ2v) is 6.52. The average Bonchev–Trinajstić information content (AvgIpc) is 3.00. The summed E-state index contributed by atoms with van der Waals surface area (Å²) in [5.74, 6) is 2.87. The molecule has 1 saturated carbocycles. The summed E-state index contributed by atoms with van der Waals surface area (Å²) in [5, 5.41) is 12.4. The zero-order chi connectivity index (χ0) is 15.8. The minimum Gasteiger partial charge on any atom is -0.462 e. The van der Waals surface area contributed by atoms with Gasteiger partial charge in [-0.05, 0) is 61.7 Å². The minimum atomic E-state index is 0.189. The lowest BCUT2D eigenvalue weighted by Crippen LogP contribution is -2.28. The molecule has 0 aromatic carbocycles. The molecule has 0 spiro atoms. The van der Waals surface area contributed by atoms with Crippen molar-refractivity contribution in [2.45, 2.75) is 57.3 Å². The molecule has 0 bridgehead atoms. The fraction of sp³-hybridized carbons (Fsp3) is 0.688. The van der Waals surface area contributed by atoms with Gasteiger partial charge in [0.25, 0.3) is 0 Å². The molecule has 2 aromatic rings. The van der Waals surface area contributed by atoms with E-state index in [1.807, 2.05) is 10.7 Å². The van der Waals surface area contributed by atoms with E-state index in [0.717, 1.165) is 30.3 Å². The minimum absolute atomic E-state index is 0.189. The van der Waals surface area contributed by atoms with Gasteiger partial charge in [0.15, 0.2) is 5.82 Å². The van der Waals surface area contributed by atoms with E-state index in [2.05, 4.69) is 33.4 Å². The maximum Gasteiger partial charge on any atom is 0.168 e. The van der Waals surface area contributed by atoms with Crippen LogP contribution in [0.4, 0.5) is 0 Å². The topological polar surface area (TPSA) is 69.2 Å². The molecule has 2 aromatic heterocycles. The van der Waals surface area contributed by atoms with E-state index < -0.39 is 0 Å². The van der Waals surface area contributed by atoms with Crippen LogP contribution < -0.4 is 0 Å². The molecule has 0 radical (unpaired) electrons. The van der Waals surface area contributed by atoms with E-state index in [0.29, 0.717) is 18.7 Å². The van der Waals surface area contributed by atoms with Crippen molar-refractivity contribution in [3.8, 4) is 0 Å². The van der Waals surface area contributed by atoms with Gasteiger partial charge in [-0.15, -0.1) is 5.10 Å². The molecule has 2 unspecified atom stereocenters. The molecule has 7 nitrogen and oxygen atoms in total. The van der Waals surface area contributed by atoms with E-state index in [1.54, 1.807) is 7.11 Å². The molecule has 1 saturated heterocycles. The van der Waals surface area contributed by atoms with E-state index >= 15 is 0 Å². The highest BCUT2D eigenvalue weighted by molar-refractivity contribution is 5.13. The smallest absolute Gasteiger partial charge is 0.168 e. The monoisotopic (exact) mass is 317 g/mol. The number of likely N-dealkylation sites (tertiary alicyclic amines) is 1. The molecule has 2 fully saturated rings. The number of aromatic nitrogens is 4. The van der Waals surface area contributed by atoms with E-state index in [1.165, 1.54) is 19.3 Å². The molecular formula is C16H23N5O2. The maximum absolute atomic E-state index is 5.97. The largest absolute Gasteiger partial charge is 0.462 e. The van der Waals surface area contributed by atoms with Crippen LogP contribution in [-0.2, 0) is 11.3 Å². The Morgan fingerprint density at radius 2 is 2.22 bits per heavy atom. The van der Waals surface area contributed by atoms with E-state index in [9.17, 15) is 0 Å². The molecule has 2 atom stereocenters. The molecular weight excluding hydrogens is 294 g/mol. The van der Waals surface area contributed by atoms with Gasteiger partial charge >= 0.3 is 0 Å². The first-order valence-corrected chi connectivity index (χ1v) is 8.39. The first-order chi connectivity index (χ1) is 11.3. The predicted molar refractivity (Wildman–Crippen MR) is 82.6 cm³/mol. The van der Waals surface area contributed by atoms with E-state index in [4.69, 9.17) is 9.15 Å². The van der Waals surface area contributed by atoms with Crippen LogP contribution >= 0.6 is 0 Å². The summed E-state index contributed by atoms with van der Waals surface area (Å²) in [7, 11) is 1.68. The summed E-state index contributed by atoms with van der Waals surface area (Å²) >= 11 is 0.